The van der Waals surface area contributed by atoms with Crippen LogP contribution in [0.25, 0.3) is 0 Å². The molecule has 2 aromatic rings. The van der Waals surface area contributed by atoms with E-state index in [-0.39, 0.29) is 11.9 Å². The topological polar surface area (TPSA) is 20.3 Å². The maximum atomic E-state index is 11.9. The zero-order valence-corrected chi connectivity index (χ0v) is 12.0. The smallest absolute Gasteiger partial charge is 0.220 e. The van der Waals surface area contributed by atoms with Crippen LogP contribution >= 0.6 is 11.3 Å². The van der Waals surface area contributed by atoms with Crippen LogP contribution in [0.1, 0.15) is 34.5 Å². The number of nitrogens with zero attached hydrogens (tertiary/aromatic N) is 1. The Bertz CT molecular complexity index is 599. The Morgan fingerprint density at radius 2 is 2.00 bits per heavy atom. The molecule has 1 aliphatic heterocycles. The molecule has 2 heterocycles. The van der Waals surface area contributed by atoms with Gasteiger partial charge in [0.1, 0.15) is 0 Å². The second-order valence-electron chi connectivity index (χ2n) is 5.07. The van der Waals surface area contributed by atoms with Gasteiger partial charge in [0.15, 0.2) is 0 Å². The highest BCUT2D eigenvalue weighted by atomic mass is 32.1. The number of benzene rings is 1. The van der Waals surface area contributed by atoms with Crippen LogP contribution in [0.4, 0.5) is 0 Å². The summed E-state index contributed by atoms with van der Waals surface area (Å²) >= 11 is 1.80. The molecule has 0 saturated carbocycles. The molecule has 0 aliphatic carbocycles. The minimum atomic E-state index is 0.0908. The molecule has 3 heteroatoms. The summed E-state index contributed by atoms with van der Waals surface area (Å²) in [5.41, 5.74) is 3.76. The van der Waals surface area contributed by atoms with E-state index in [0.717, 1.165) is 13.0 Å². The molecule has 19 heavy (non-hydrogen) atoms. The number of carbonyl (C=O) groups excluding carboxylic acids is 1. The number of amides is 1. The lowest BCUT2D eigenvalue weighted by molar-refractivity contribution is -0.130. The highest BCUT2D eigenvalue weighted by molar-refractivity contribution is 7.10. The highest BCUT2D eigenvalue weighted by Crippen LogP contribution is 2.37. The predicted octanol–water partition coefficient (Wildman–Crippen LogP) is 3.55. The molecular weight excluding hydrogens is 254 g/mol. The van der Waals surface area contributed by atoms with Crippen molar-refractivity contribution in [3.05, 3.63) is 57.3 Å². The van der Waals surface area contributed by atoms with E-state index < -0.39 is 0 Å². The van der Waals surface area contributed by atoms with E-state index in [2.05, 4.69) is 42.6 Å². The van der Waals surface area contributed by atoms with Crippen molar-refractivity contribution < 1.29 is 4.79 Å². The second kappa shape index (κ2) is 4.82. The average molecular weight is 271 g/mol. The molecule has 0 bridgehead atoms. The van der Waals surface area contributed by atoms with Crippen LogP contribution in [0.3, 0.4) is 0 Å². The summed E-state index contributed by atoms with van der Waals surface area (Å²) in [6.45, 7) is 4.57. The molecule has 0 spiro atoms. The third-order valence-electron chi connectivity index (χ3n) is 3.76. The Kier molecular flexibility index (Phi) is 3.15. The first-order chi connectivity index (χ1) is 9.16. The fraction of sp³-hybridized carbons (Fsp3) is 0.312. The number of carbonyl (C=O) groups is 1. The number of rotatable bonds is 1. The Labute approximate surface area is 117 Å². The molecule has 2 nitrogen and oxygen atoms in total. The largest absolute Gasteiger partial charge is 0.331 e. The quantitative estimate of drug-likeness (QED) is 0.776. The third kappa shape index (κ3) is 2.19. The number of thiophene rings is 1. The van der Waals surface area contributed by atoms with E-state index in [0.29, 0.717) is 0 Å². The van der Waals surface area contributed by atoms with E-state index in [4.69, 9.17) is 0 Å². The molecule has 0 radical (unpaired) electrons. The van der Waals surface area contributed by atoms with Gasteiger partial charge in [0.05, 0.1) is 6.04 Å². The summed E-state index contributed by atoms with van der Waals surface area (Å²) in [6.07, 6.45) is 0.981. The first-order valence-electron chi connectivity index (χ1n) is 6.57. The monoisotopic (exact) mass is 271 g/mol. The third-order valence-corrected chi connectivity index (χ3v) is 4.76. The molecule has 3 rings (SSSR count). The molecular formula is C16H17NOS. The van der Waals surface area contributed by atoms with Crippen molar-refractivity contribution in [3.63, 3.8) is 0 Å². The van der Waals surface area contributed by atoms with Crippen molar-refractivity contribution >= 4 is 17.2 Å². The lowest BCUT2D eigenvalue weighted by atomic mass is 9.93. The van der Waals surface area contributed by atoms with Gasteiger partial charge >= 0.3 is 0 Å². The standard InChI is InChI=1S/C16H17NOS/c1-11-3-5-13(6-4-11)16-14-8-10-19-15(14)7-9-17(16)12(2)18/h3-6,8,10,16H,7,9H2,1-2H3. The van der Waals surface area contributed by atoms with Crippen molar-refractivity contribution in [2.75, 3.05) is 6.54 Å². The van der Waals surface area contributed by atoms with Gasteiger partial charge in [-0.25, -0.2) is 0 Å². The van der Waals surface area contributed by atoms with Crippen molar-refractivity contribution in [2.24, 2.45) is 0 Å². The molecule has 0 N–H and O–H groups in total. The van der Waals surface area contributed by atoms with Crippen LogP contribution in [0.5, 0.6) is 0 Å². The molecule has 1 atom stereocenters. The summed E-state index contributed by atoms with van der Waals surface area (Å²) in [5, 5.41) is 2.13. The average Bonchev–Trinajstić information content (AvgIpc) is 2.86. The first kappa shape index (κ1) is 12.4. The molecule has 1 unspecified atom stereocenters. The summed E-state index contributed by atoms with van der Waals surface area (Å²) < 4.78 is 0. The molecule has 0 fully saturated rings. The second-order valence-corrected chi connectivity index (χ2v) is 6.08. The van der Waals surface area contributed by atoms with Gasteiger partial charge in [-0.2, -0.15) is 0 Å². The lowest BCUT2D eigenvalue weighted by Crippen LogP contribution is -2.38. The van der Waals surface area contributed by atoms with Crippen LogP contribution < -0.4 is 0 Å². The molecule has 1 amide bonds. The van der Waals surface area contributed by atoms with Gasteiger partial charge in [0, 0.05) is 18.3 Å². The van der Waals surface area contributed by atoms with Crippen molar-refractivity contribution in [3.8, 4) is 0 Å². The molecule has 0 saturated heterocycles. The van der Waals surface area contributed by atoms with E-state index >= 15 is 0 Å². The molecule has 1 aromatic heterocycles. The molecule has 1 aromatic carbocycles. The zero-order chi connectivity index (χ0) is 13.4. The van der Waals surface area contributed by atoms with E-state index in [1.165, 1.54) is 21.6 Å². The van der Waals surface area contributed by atoms with Crippen molar-refractivity contribution in [2.45, 2.75) is 26.3 Å². The Morgan fingerprint density at radius 1 is 1.26 bits per heavy atom. The van der Waals surface area contributed by atoms with Gasteiger partial charge in [-0.05, 0) is 35.9 Å². The van der Waals surface area contributed by atoms with E-state index in [1.54, 1.807) is 18.3 Å². The van der Waals surface area contributed by atoms with Crippen molar-refractivity contribution in [1.29, 1.82) is 0 Å². The van der Waals surface area contributed by atoms with Gasteiger partial charge in [-0.1, -0.05) is 29.8 Å². The SMILES string of the molecule is CC(=O)N1CCc2sccc2C1c1ccc(C)cc1. The Balaban J connectivity index is 2.08. The minimum absolute atomic E-state index is 0.0908. The normalized spacial score (nSPS) is 18.2. The molecule has 98 valence electrons. The van der Waals surface area contributed by atoms with Gasteiger partial charge in [-0.15, -0.1) is 11.3 Å². The molecule has 1 aliphatic rings. The fourth-order valence-corrected chi connectivity index (χ4v) is 3.67. The van der Waals surface area contributed by atoms with Crippen LogP contribution in [-0.4, -0.2) is 17.4 Å². The number of fused-ring (bicyclic) bond motifs is 1. The lowest BCUT2D eigenvalue weighted by Gasteiger charge is -2.35. The fourth-order valence-electron chi connectivity index (χ4n) is 2.76. The predicted molar refractivity (Wildman–Crippen MR) is 78.4 cm³/mol. The van der Waals surface area contributed by atoms with Gasteiger partial charge in [0.2, 0.25) is 5.91 Å². The van der Waals surface area contributed by atoms with Crippen LogP contribution in [0.2, 0.25) is 0 Å². The summed E-state index contributed by atoms with van der Waals surface area (Å²) in [5.74, 6) is 0.155. The first-order valence-corrected chi connectivity index (χ1v) is 7.45. The van der Waals surface area contributed by atoms with Gasteiger partial charge in [-0.3, -0.25) is 4.79 Å². The maximum Gasteiger partial charge on any atom is 0.220 e. The van der Waals surface area contributed by atoms with Crippen molar-refractivity contribution in [1.82, 2.24) is 4.90 Å². The Morgan fingerprint density at radius 3 is 2.68 bits per heavy atom. The summed E-state index contributed by atoms with van der Waals surface area (Å²) in [7, 11) is 0. The summed E-state index contributed by atoms with van der Waals surface area (Å²) in [6, 6.07) is 10.8. The summed E-state index contributed by atoms with van der Waals surface area (Å²) in [4.78, 5) is 15.3. The highest BCUT2D eigenvalue weighted by Gasteiger charge is 2.30. The minimum Gasteiger partial charge on any atom is -0.331 e. The maximum absolute atomic E-state index is 11.9. The number of hydrogen-bond acceptors (Lipinski definition) is 2. The van der Waals surface area contributed by atoms with E-state index in [1.807, 2.05) is 4.90 Å². The van der Waals surface area contributed by atoms with Crippen LogP contribution in [0.15, 0.2) is 35.7 Å². The number of aryl methyl sites for hydroxylation is 1. The number of hydrogen-bond donors (Lipinski definition) is 0. The van der Waals surface area contributed by atoms with Crippen LogP contribution in [-0.2, 0) is 11.2 Å². The Hall–Kier alpha value is -1.61. The van der Waals surface area contributed by atoms with E-state index in [9.17, 15) is 4.79 Å². The van der Waals surface area contributed by atoms with Gasteiger partial charge < -0.3 is 4.90 Å². The van der Waals surface area contributed by atoms with Gasteiger partial charge in [0.25, 0.3) is 0 Å². The van der Waals surface area contributed by atoms with Crippen LogP contribution in [0, 0.1) is 6.92 Å². The zero-order valence-electron chi connectivity index (χ0n) is 11.2.